The van der Waals surface area contributed by atoms with Gasteiger partial charge in [-0.15, -0.1) is 0 Å². The van der Waals surface area contributed by atoms with E-state index in [9.17, 15) is 9.59 Å². The molecule has 0 aliphatic rings. The van der Waals surface area contributed by atoms with Crippen molar-refractivity contribution in [3.05, 3.63) is 59.7 Å². The molecule has 0 radical (unpaired) electrons. The van der Waals surface area contributed by atoms with E-state index >= 15 is 0 Å². The lowest BCUT2D eigenvalue weighted by atomic mass is 10.1. The Balaban J connectivity index is 1.97. The van der Waals surface area contributed by atoms with Crippen molar-refractivity contribution in [3.63, 3.8) is 0 Å². The van der Waals surface area contributed by atoms with Crippen molar-refractivity contribution in [3.8, 4) is 0 Å². The van der Waals surface area contributed by atoms with Gasteiger partial charge in [-0.1, -0.05) is 30.3 Å². The van der Waals surface area contributed by atoms with Gasteiger partial charge < -0.3 is 15.1 Å². The van der Waals surface area contributed by atoms with E-state index in [1.807, 2.05) is 76.3 Å². The van der Waals surface area contributed by atoms with E-state index in [4.69, 9.17) is 0 Å². The van der Waals surface area contributed by atoms with Crippen LogP contribution in [0.15, 0.2) is 48.5 Å². The van der Waals surface area contributed by atoms with Gasteiger partial charge in [0.1, 0.15) is 0 Å². The molecule has 0 spiro atoms. The van der Waals surface area contributed by atoms with E-state index in [1.54, 1.807) is 11.9 Å². The van der Waals surface area contributed by atoms with E-state index in [2.05, 4.69) is 5.32 Å². The quantitative estimate of drug-likeness (QED) is 0.831. The third-order valence-electron chi connectivity index (χ3n) is 4.69. The summed E-state index contributed by atoms with van der Waals surface area (Å²) in [6.07, 6.45) is 0. The van der Waals surface area contributed by atoms with Crippen LogP contribution >= 0.6 is 0 Å². The number of nitrogens with zero attached hydrogens (tertiary/aromatic N) is 1. The zero-order chi connectivity index (χ0) is 19.3. The molecular weight excluding hydrogens is 326 g/mol. The average Bonchev–Trinajstić information content (AvgIpc) is 2.63. The maximum atomic E-state index is 12.7. The number of aryl methyl sites for hydroxylation is 2. The highest BCUT2D eigenvalue weighted by Crippen LogP contribution is 2.16. The molecule has 2 atom stereocenters. The molecule has 2 aromatic carbocycles. The van der Waals surface area contributed by atoms with Crippen LogP contribution < -0.4 is 15.1 Å². The van der Waals surface area contributed by atoms with Gasteiger partial charge in [-0.3, -0.25) is 9.59 Å². The van der Waals surface area contributed by atoms with Crippen molar-refractivity contribution in [1.82, 2.24) is 0 Å². The molecule has 0 aliphatic heterocycles. The van der Waals surface area contributed by atoms with Crippen molar-refractivity contribution in [2.24, 2.45) is 0 Å². The first-order valence-electron chi connectivity index (χ1n) is 8.81. The average molecular weight is 354 g/mol. The van der Waals surface area contributed by atoms with Gasteiger partial charge in [0.05, 0.1) is 7.05 Å². The number of para-hydroxylation sites is 1. The molecule has 26 heavy (non-hydrogen) atoms. The first-order chi connectivity index (χ1) is 12.3. The van der Waals surface area contributed by atoms with E-state index in [0.29, 0.717) is 0 Å². The number of amides is 2. The summed E-state index contributed by atoms with van der Waals surface area (Å²) in [6, 6.07) is 15.1. The molecule has 0 aromatic heterocycles. The maximum Gasteiger partial charge on any atom is 0.284 e. The molecule has 5 heteroatoms. The highest BCUT2D eigenvalue weighted by molar-refractivity contribution is 5.96. The minimum atomic E-state index is -0.329. The Labute approximate surface area is 155 Å². The molecule has 0 fully saturated rings. The summed E-state index contributed by atoms with van der Waals surface area (Å²) in [4.78, 5) is 27.6. The van der Waals surface area contributed by atoms with E-state index in [1.165, 1.54) is 0 Å². The second kappa shape index (κ2) is 8.63. The summed E-state index contributed by atoms with van der Waals surface area (Å²) in [5, 5.41) is 2.95. The van der Waals surface area contributed by atoms with Crippen molar-refractivity contribution in [2.75, 3.05) is 30.9 Å². The molecule has 2 rings (SSSR count). The fourth-order valence-corrected chi connectivity index (χ4v) is 2.75. The monoisotopic (exact) mass is 354 g/mol. The predicted octanol–water partition coefficient (Wildman–Crippen LogP) is 1.81. The first-order valence-corrected chi connectivity index (χ1v) is 8.81. The molecule has 0 saturated heterocycles. The van der Waals surface area contributed by atoms with Crippen LogP contribution in [-0.2, 0) is 9.59 Å². The Morgan fingerprint density at radius 1 is 1.12 bits per heavy atom. The topological polar surface area (TPSA) is 53.9 Å². The zero-order valence-corrected chi connectivity index (χ0v) is 16.2. The third kappa shape index (κ3) is 4.92. The van der Waals surface area contributed by atoms with Gasteiger partial charge in [-0.25, -0.2) is 0 Å². The number of hydrogen-bond acceptors (Lipinski definition) is 2. The molecule has 2 N–H and O–H groups in total. The summed E-state index contributed by atoms with van der Waals surface area (Å²) < 4.78 is 0. The van der Waals surface area contributed by atoms with Crippen molar-refractivity contribution in [2.45, 2.75) is 26.8 Å². The Morgan fingerprint density at radius 3 is 2.42 bits per heavy atom. The molecule has 2 aromatic rings. The summed E-state index contributed by atoms with van der Waals surface area (Å²) >= 11 is 0. The lowest BCUT2D eigenvalue weighted by Crippen LogP contribution is -3.15. The lowest BCUT2D eigenvalue weighted by molar-refractivity contribution is -0.885. The Bertz CT molecular complexity index is 774. The van der Waals surface area contributed by atoms with E-state index in [0.717, 1.165) is 27.4 Å². The molecule has 0 heterocycles. The predicted molar refractivity (Wildman–Crippen MR) is 106 cm³/mol. The molecule has 0 saturated carbocycles. The van der Waals surface area contributed by atoms with Gasteiger partial charge >= 0.3 is 0 Å². The highest BCUT2D eigenvalue weighted by atomic mass is 16.2. The smallest absolute Gasteiger partial charge is 0.284 e. The summed E-state index contributed by atoms with van der Waals surface area (Å²) in [6.45, 7) is 6.03. The number of hydrogen-bond donors (Lipinski definition) is 2. The minimum absolute atomic E-state index is 0.0202. The van der Waals surface area contributed by atoms with Crippen LogP contribution in [0.3, 0.4) is 0 Å². The zero-order valence-electron chi connectivity index (χ0n) is 16.2. The van der Waals surface area contributed by atoms with Gasteiger partial charge in [0.15, 0.2) is 12.6 Å². The van der Waals surface area contributed by atoms with E-state index < -0.39 is 0 Å². The van der Waals surface area contributed by atoms with Crippen molar-refractivity contribution in [1.29, 1.82) is 0 Å². The van der Waals surface area contributed by atoms with Gasteiger partial charge in [0.2, 0.25) is 0 Å². The van der Waals surface area contributed by atoms with Crippen LogP contribution in [-0.4, -0.2) is 38.5 Å². The highest BCUT2D eigenvalue weighted by Gasteiger charge is 2.27. The summed E-state index contributed by atoms with van der Waals surface area (Å²) in [5.41, 5.74) is 3.79. The number of nitrogens with one attached hydrogen (secondary N) is 2. The van der Waals surface area contributed by atoms with Gasteiger partial charge in [-0.2, -0.15) is 0 Å². The fraction of sp³-hybridized carbons (Fsp3) is 0.333. The molecule has 0 bridgehead atoms. The van der Waals surface area contributed by atoms with Crippen molar-refractivity contribution >= 4 is 23.2 Å². The fourth-order valence-electron chi connectivity index (χ4n) is 2.75. The molecule has 138 valence electrons. The molecule has 5 nitrogen and oxygen atoms in total. The lowest BCUT2D eigenvalue weighted by Gasteiger charge is -2.25. The summed E-state index contributed by atoms with van der Waals surface area (Å²) in [5.74, 6) is -0.119. The standard InChI is InChI=1S/C21H27N3O2/c1-15-11-12-16(2)19(13-15)22-20(25)14-23(4)17(3)21(26)24(5)18-9-7-6-8-10-18/h6-13,17H,14H2,1-5H3,(H,22,25)/p+1/t17-/m1/s1. The maximum absolute atomic E-state index is 12.7. The van der Waals surface area contributed by atoms with Crippen molar-refractivity contribution < 1.29 is 14.5 Å². The minimum Gasteiger partial charge on any atom is -0.321 e. The van der Waals surface area contributed by atoms with Crippen LogP contribution in [0.25, 0.3) is 0 Å². The number of benzene rings is 2. The van der Waals surface area contributed by atoms with Gasteiger partial charge in [0, 0.05) is 18.4 Å². The number of likely N-dealkylation sites (N-methyl/N-ethyl adjacent to an activating group) is 2. The molecule has 2 amide bonds. The van der Waals surface area contributed by atoms with Crippen LogP contribution in [0.5, 0.6) is 0 Å². The Morgan fingerprint density at radius 2 is 1.77 bits per heavy atom. The van der Waals surface area contributed by atoms with Crippen LogP contribution in [0.4, 0.5) is 11.4 Å². The van der Waals surface area contributed by atoms with Gasteiger partial charge in [-0.05, 0) is 50.1 Å². The Kier molecular flexibility index (Phi) is 6.52. The molecule has 1 unspecified atom stereocenters. The number of carbonyl (C=O) groups excluding carboxylic acids is 2. The number of anilines is 2. The van der Waals surface area contributed by atoms with E-state index in [-0.39, 0.29) is 24.4 Å². The number of carbonyl (C=O) groups is 2. The second-order valence-corrected chi connectivity index (χ2v) is 6.84. The number of rotatable bonds is 6. The molecular formula is C21H28N3O2+. The number of quaternary nitrogens is 1. The van der Waals surface area contributed by atoms with Gasteiger partial charge in [0.25, 0.3) is 11.8 Å². The second-order valence-electron chi connectivity index (χ2n) is 6.84. The van der Waals surface area contributed by atoms with Crippen LogP contribution in [0.2, 0.25) is 0 Å². The summed E-state index contributed by atoms with van der Waals surface area (Å²) in [7, 11) is 3.63. The normalized spacial score (nSPS) is 13.0. The molecule has 0 aliphatic carbocycles. The van der Waals surface area contributed by atoms with Crippen LogP contribution in [0.1, 0.15) is 18.1 Å². The Hall–Kier alpha value is -2.66. The third-order valence-corrected chi connectivity index (χ3v) is 4.69. The van der Waals surface area contributed by atoms with Crippen LogP contribution in [0, 0.1) is 13.8 Å². The first kappa shape index (κ1) is 19.7. The SMILES string of the molecule is Cc1ccc(C)c(NC(=O)C[NH+](C)[C@H](C)C(=O)N(C)c2ccccc2)c1. The largest absolute Gasteiger partial charge is 0.321 e.